The Labute approximate surface area is 168 Å². The van der Waals surface area contributed by atoms with Crippen molar-refractivity contribution in [1.82, 2.24) is 4.90 Å². The standard InChI is InChI=1S/C21H28N3.HI/c1-24(2)13-11-23(12-14-24)16-17-7-10-21-19(15-17)9-8-18-5-3-4-6-20(18)22-21;/h3-7,10,15,22H,8-9,11-14,16H2,1-2H3;1H/q+1;/p-1. The summed E-state index contributed by atoms with van der Waals surface area (Å²) in [6.45, 7) is 5.99. The molecule has 0 bridgehead atoms. The molecule has 0 amide bonds. The van der Waals surface area contributed by atoms with Gasteiger partial charge < -0.3 is 33.8 Å². The second-order valence-corrected chi connectivity index (χ2v) is 7.93. The maximum atomic E-state index is 3.63. The van der Waals surface area contributed by atoms with Gasteiger partial charge in [0.25, 0.3) is 0 Å². The van der Waals surface area contributed by atoms with E-state index in [0.29, 0.717) is 0 Å². The summed E-state index contributed by atoms with van der Waals surface area (Å²) in [4.78, 5) is 2.60. The first kappa shape index (κ1) is 18.7. The van der Waals surface area contributed by atoms with Gasteiger partial charge in [0.2, 0.25) is 0 Å². The van der Waals surface area contributed by atoms with Gasteiger partial charge in [-0.05, 0) is 41.7 Å². The molecule has 134 valence electrons. The Morgan fingerprint density at radius 2 is 1.60 bits per heavy atom. The van der Waals surface area contributed by atoms with Crippen LogP contribution < -0.4 is 29.3 Å². The topological polar surface area (TPSA) is 15.3 Å². The molecule has 2 aliphatic rings. The van der Waals surface area contributed by atoms with Crippen molar-refractivity contribution < 1.29 is 28.5 Å². The van der Waals surface area contributed by atoms with Crippen LogP contribution in [0.2, 0.25) is 0 Å². The summed E-state index contributed by atoms with van der Waals surface area (Å²) in [5.41, 5.74) is 6.87. The molecular formula is C21H28IN3. The van der Waals surface area contributed by atoms with Crippen molar-refractivity contribution in [2.45, 2.75) is 19.4 Å². The van der Waals surface area contributed by atoms with Crippen LogP contribution in [0.3, 0.4) is 0 Å². The third-order valence-electron chi connectivity index (χ3n) is 5.57. The monoisotopic (exact) mass is 449 g/mol. The Hall–Kier alpha value is -1.11. The molecule has 0 aromatic heterocycles. The van der Waals surface area contributed by atoms with Gasteiger partial charge in [-0.2, -0.15) is 0 Å². The number of nitrogens with one attached hydrogen (secondary N) is 1. The van der Waals surface area contributed by atoms with Crippen molar-refractivity contribution in [3.8, 4) is 0 Å². The number of nitrogens with zero attached hydrogens (tertiary/aromatic N) is 2. The lowest BCUT2D eigenvalue weighted by Gasteiger charge is -2.39. The molecule has 4 rings (SSSR count). The molecule has 0 atom stereocenters. The molecule has 25 heavy (non-hydrogen) atoms. The van der Waals surface area contributed by atoms with Gasteiger partial charge >= 0.3 is 0 Å². The zero-order valence-electron chi connectivity index (χ0n) is 15.3. The van der Waals surface area contributed by atoms with Crippen LogP contribution in [-0.4, -0.2) is 49.7 Å². The van der Waals surface area contributed by atoms with E-state index < -0.39 is 0 Å². The fraction of sp³-hybridized carbons (Fsp3) is 0.429. The van der Waals surface area contributed by atoms with E-state index in [-0.39, 0.29) is 24.0 Å². The highest BCUT2D eigenvalue weighted by Crippen LogP contribution is 2.30. The number of aryl methyl sites for hydroxylation is 2. The number of likely N-dealkylation sites (N-methyl/N-ethyl adjacent to an activating group) is 1. The highest BCUT2D eigenvalue weighted by Gasteiger charge is 2.24. The van der Waals surface area contributed by atoms with E-state index in [1.165, 1.54) is 54.2 Å². The molecule has 2 heterocycles. The van der Waals surface area contributed by atoms with E-state index in [9.17, 15) is 0 Å². The Bertz CT molecular complexity index is 732. The highest BCUT2D eigenvalue weighted by molar-refractivity contribution is 5.68. The summed E-state index contributed by atoms with van der Waals surface area (Å²) >= 11 is 0. The number of fused-ring (bicyclic) bond motifs is 2. The molecule has 4 heteroatoms. The normalized spacial score (nSPS) is 19.0. The zero-order valence-corrected chi connectivity index (χ0v) is 17.4. The van der Waals surface area contributed by atoms with E-state index in [0.717, 1.165) is 23.9 Å². The molecule has 0 spiro atoms. The highest BCUT2D eigenvalue weighted by atomic mass is 127. The molecule has 0 radical (unpaired) electrons. The van der Waals surface area contributed by atoms with Crippen molar-refractivity contribution in [3.63, 3.8) is 0 Å². The van der Waals surface area contributed by atoms with Gasteiger partial charge in [0, 0.05) is 31.0 Å². The summed E-state index contributed by atoms with van der Waals surface area (Å²) in [7, 11) is 4.67. The van der Waals surface area contributed by atoms with Crippen LogP contribution in [0.25, 0.3) is 0 Å². The molecule has 1 saturated heterocycles. The summed E-state index contributed by atoms with van der Waals surface area (Å²) < 4.78 is 1.16. The van der Waals surface area contributed by atoms with Crippen molar-refractivity contribution in [2.24, 2.45) is 0 Å². The van der Waals surface area contributed by atoms with E-state index in [1.807, 2.05) is 0 Å². The maximum Gasteiger partial charge on any atom is 0.0912 e. The SMILES string of the molecule is C[N+]1(C)CCN(Cc2ccc3c(c2)CCc2ccccc2N3)CC1.[I-]. The predicted octanol–water partition coefficient (Wildman–Crippen LogP) is 0.425. The fourth-order valence-corrected chi connectivity index (χ4v) is 3.81. The average Bonchev–Trinajstić information content (AvgIpc) is 2.76. The van der Waals surface area contributed by atoms with Crippen molar-refractivity contribution >= 4 is 11.4 Å². The Morgan fingerprint density at radius 1 is 0.920 bits per heavy atom. The largest absolute Gasteiger partial charge is 1.00 e. The van der Waals surface area contributed by atoms with E-state index >= 15 is 0 Å². The number of hydrogen-bond donors (Lipinski definition) is 1. The number of rotatable bonds is 2. The lowest BCUT2D eigenvalue weighted by molar-refractivity contribution is -0.894. The van der Waals surface area contributed by atoms with Gasteiger partial charge in [-0.25, -0.2) is 0 Å². The Kier molecular flexibility index (Phi) is 5.71. The van der Waals surface area contributed by atoms with Crippen LogP contribution >= 0.6 is 0 Å². The van der Waals surface area contributed by atoms with Crippen molar-refractivity contribution in [3.05, 3.63) is 59.2 Å². The quantitative estimate of drug-likeness (QED) is 0.529. The van der Waals surface area contributed by atoms with Gasteiger partial charge in [0.1, 0.15) is 0 Å². The first-order chi connectivity index (χ1) is 11.6. The first-order valence-electron chi connectivity index (χ1n) is 9.10. The van der Waals surface area contributed by atoms with Crippen LogP contribution in [0.4, 0.5) is 11.4 Å². The molecule has 2 aliphatic heterocycles. The van der Waals surface area contributed by atoms with Crippen LogP contribution in [0.1, 0.15) is 16.7 Å². The molecule has 3 nitrogen and oxygen atoms in total. The van der Waals surface area contributed by atoms with Gasteiger partial charge in [-0.1, -0.05) is 30.3 Å². The zero-order chi connectivity index (χ0) is 16.6. The van der Waals surface area contributed by atoms with E-state index in [4.69, 9.17) is 0 Å². The van der Waals surface area contributed by atoms with E-state index in [1.54, 1.807) is 0 Å². The summed E-state index contributed by atoms with van der Waals surface area (Å²) in [5.74, 6) is 0. The number of benzene rings is 2. The smallest absolute Gasteiger partial charge is 0.0912 e. The molecule has 1 fully saturated rings. The summed E-state index contributed by atoms with van der Waals surface area (Å²) in [6, 6.07) is 15.7. The lowest BCUT2D eigenvalue weighted by Crippen LogP contribution is -3.00. The molecule has 0 unspecified atom stereocenters. The molecule has 0 aliphatic carbocycles. The second-order valence-electron chi connectivity index (χ2n) is 7.93. The van der Waals surface area contributed by atoms with Gasteiger partial charge in [-0.3, -0.25) is 4.90 Å². The molecule has 1 N–H and O–H groups in total. The third-order valence-corrected chi connectivity index (χ3v) is 5.57. The van der Waals surface area contributed by atoms with Crippen molar-refractivity contribution in [2.75, 3.05) is 45.6 Å². The predicted molar refractivity (Wildman–Crippen MR) is 101 cm³/mol. The number of anilines is 2. The maximum absolute atomic E-state index is 3.63. The molecule has 2 aromatic carbocycles. The first-order valence-corrected chi connectivity index (χ1v) is 9.10. The summed E-state index contributed by atoms with van der Waals surface area (Å²) in [5, 5.41) is 3.63. The average molecular weight is 449 g/mol. The second kappa shape index (κ2) is 7.64. The minimum atomic E-state index is 0. The van der Waals surface area contributed by atoms with Gasteiger partial charge in [0.15, 0.2) is 0 Å². The third kappa shape index (κ3) is 4.36. The number of quaternary nitrogens is 1. The molecular weight excluding hydrogens is 421 g/mol. The Balaban J connectivity index is 0.00000182. The fourth-order valence-electron chi connectivity index (χ4n) is 3.81. The number of piperazine rings is 1. The number of halogens is 1. The lowest BCUT2D eigenvalue weighted by atomic mass is 10.0. The van der Waals surface area contributed by atoms with Gasteiger partial charge in [-0.15, -0.1) is 0 Å². The molecule has 2 aromatic rings. The van der Waals surface area contributed by atoms with Crippen LogP contribution in [-0.2, 0) is 19.4 Å². The minimum Gasteiger partial charge on any atom is -1.00 e. The Morgan fingerprint density at radius 3 is 2.40 bits per heavy atom. The summed E-state index contributed by atoms with van der Waals surface area (Å²) in [6.07, 6.45) is 2.24. The number of hydrogen-bond acceptors (Lipinski definition) is 2. The van der Waals surface area contributed by atoms with Crippen LogP contribution in [0.15, 0.2) is 42.5 Å². The van der Waals surface area contributed by atoms with E-state index in [2.05, 4.69) is 66.8 Å². The number of para-hydroxylation sites is 1. The minimum absolute atomic E-state index is 0. The molecule has 0 saturated carbocycles. The van der Waals surface area contributed by atoms with Crippen LogP contribution in [0, 0.1) is 0 Å². The van der Waals surface area contributed by atoms with Gasteiger partial charge in [0.05, 0.1) is 27.2 Å². The van der Waals surface area contributed by atoms with Crippen LogP contribution in [0.5, 0.6) is 0 Å². The van der Waals surface area contributed by atoms with Crippen molar-refractivity contribution in [1.29, 1.82) is 0 Å².